The Morgan fingerprint density at radius 3 is 2.59 bits per heavy atom. The molecule has 2 rings (SSSR count). The second-order valence-electron chi connectivity index (χ2n) is 4.03. The Morgan fingerprint density at radius 2 is 2.06 bits per heavy atom. The van der Waals surface area contributed by atoms with Crippen LogP contribution in [-0.2, 0) is 9.84 Å². The minimum Gasteiger partial charge on any atom is -1.00 e. The predicted octanol–water partition coefficient (Wildman–Crippen LogP) is -3.19. The van der Waals surface area contributed by atoms with Gasteiger partial charge in [-0.3, -0.25) is 0 Å². The third-order valence-electron chi connectivity index (χ3n) is 2.62. The van der Waals surface area contributed by atoms with Crippen molar-refractivity contribution >= 4 is 31.5 Å². The largest absolute Gasteiger partial charge is 1.00 e. The maximum absolute atomic E-state index is 11.3. The van der Waals surface area contributed by atoms with Crippen LogP contribution in [0.4, 0.5) is 5.69 Å². The molecule has 1 fully saturated rings. The van der Waals surface area contributed by atoms with E-state index in [1.54, 1.807) is 0 Å². The Kier molecular flexibility index (Phi) is 4.97. The highest BCUT2D eigenvalue weighted by molar-refractivity contribution is 9.10. The fourth-order valence-electron chi connectivity index (χ4n) is 1.87. The molecule has 1 saturated heterocycles. The molecule has 0 unspecified atom stereocenters. The maximum Gasteiger partial charge on any atom is 0.159 e. The van der Waals surface area contributed by atoms with E-state index in [4.69, 9.17) is 0 Å². The van der Waals surface area contributed by atoms with Gasteiger partial charge in [-0.15, -0.1) is 0 Å². The van der Waals surface area contributed by atoms with E-state index in [-0.39, 0.29) is 30.0 Å². The fraction of sp³-hybridized carbons (Fsp3) is 0.400. The molecule has 0 aromatic heterocycles. The van der Waals surface area contributed by atoms with Gasteiger partial charge in [-0.25, -0.2) is 8.42 Å². The molecule has 1 heterocycles. The standard InChI is InChI=1S/C10H12BrNO3S.ClH/c11-7-2-1-3-8(4-7)12-9-5-16(14,15)6-10(9)13;/h1-4,9-10,12-13H,5-6H2;1H/t9-,10+;/m0./s1. The number of hydrogen-bond acceptors (Lipinski definition) is 3. The Bertz CT molecular complexity index is 494. The number of sulfone groups is 1. The van der Waals surface area contributed by atoms with Crippen molar-refractivity contribution in [2.75, 3.05) is 11.5 Å². The molecule has 1 aliphatic heterocycles. The van der Waals surface area contributed by atoms with Crippen LogP contribution in [0.5, 0.6) is 0 Å². The van der Waals surface area contributed by atoms with Gasteiger partial charge in [0.1, 0.15) is 23.6 Å². The first-order valence-electron chi connectivity index (χ1n) is 4.95. The van der Waals surface area contributed by atoms with Gasteiger partial charge in [-0.1, -0.05) is 22.0 Å². The van der Waals surface area contributed by atoms with Crippen molar-refractivity contribution in [3.05, 3.63) is 28.7 Å². The van der Waals surface area contributed by atoms with Gasteiger partial charge >= 0.3 is 0 Å². The van der Waals surface area contributed by atoms with E-state index >= 15 is 0 Å². The Labute approximate surface area is 115 Å². The number of aliphatic hydroxyl groups is 1. The van der Waals surface area contributed by atoms with Crippen LogP contribution in [0.2, 0.25) is 0 Å². The topological polar surface area (TPSA) is 71.0 Å². The third kappa shape index (κ3) is 3.93. The fourth-order valence-corrected chi connectivity index (χ4v) is 4.10. The second kappa shape index (κ2) is 5.67. The lowest BCUT2D eigenvalue weighted by Gasteiger charge is -2.10. The van der Waals surface area contributed by atoms with Crippen LogP contribution >= 0.6 is 15.9 Å². The third-order valence-corrected chi connectivity index (χ3v) is 4.86. The van der Waals surface area contributed by atoms with Gasteiger partial charge in [-0.2, -0.15) is 0 Å². The number of quaternary nitrogens is 1. The lowest BCUT2D eigenvalue weighted by molar-refractivity contribution is -0.613. The average Bonchev–Trinajstić information content (AvgIpc) is 2.39. The average molecular weight is 343 g/mol. The van der Waals surface area contributed by atoms with Crippen molar-refractivity contribution in [2.24, 2.45) is 0 Å². The molecule has 4 nitrogen and oxygen atoms in total. The number of hydrogen-bond donors (Lipinski definition) is 2. The van der Waals surface area contributed by atoms with Gasteiger partial charge in [0.2, 0.25) is 0 Å². The summed E-state index contributed by atoms with van der Waals surface area (Å²) in [5, 5.41) is 11.5. The zero-order valence-electron chi connectivity index (χ0n) is 8.88. The summed E-state index contributed by atoms with van der Waals surface area (Å²) in [5.74, 6) is -0.0805. The van der Waals surface area contributed by atoms with Gasteiger partial charge in [0.15, 0.2) is 9.84 Å². The molecular weight excluding hydrogens is 330 g/mol. The summed E-state index contributed by atoms with van der Waals surface area (Å²) in [7, 11) is -3.07. The number of benzene rings is 1. The molecule has 0 spiro atoms. The minimum atomic E-state index is -3.07. The number of rotatable bonds is 2. The molecule has 1 aliphatic rings. The highest BCUT2D eigenvalue weighted by atomic mass is 79.9. The van der Waals surface area contributed by atoms with Crippen LogP contribution in [0.3, 0.4) is 0 Å². The molecule has 0 bridgehead atoms. The number of aliphatic hydroxyl groups excluding tert-OH is 1. The normalized spacial score (nSPS) is 26.5. The molecule has 0 saturated carbocycles. The molecule has 7 heteroatoms. The van der Waals surface area contributed by atoms with E-state index in [1.807, 2.05) is 29.6 Å². The molecule has 1 aromatic rings. The SMILES string of the molecule is O=S1(=O)C[C@@H](O)[C@@H]([NH2+]c2cccc(Br)c2)C1.[Cl-]. The summed E-state index contributed by atoms with van der Waals surface area (Å²) in [6.07, 6.45) is -0.774. The Morgan fingerprint density at radius 1 is 1.35 bits per heavy atom. The van der Waals surface area contributed by atoms with Crippen molar-refractivity contribution in [3.63, 3.8) is 0 Å². The molecule has 3 N–H and O–H groups in total. The molecule has 0 radical (unpaired) electrons. The van der Waals surface area contributed by atoms with Crippen molar-refractivity contribution in [1.82, 2.24) is 0 Å². The van der Waals surface area contributed by atoms with Crippen LogP contribution in [0.25, 0.3) is 0 Å². The van der Waals surface area contributed by atoms with Gasteiger partial charge in [0.05, 0.1) is 5.75 Å². The van der Waals surface area contributed by atoms with E-state index in [0.29, 0.717) is 0 Å². The van der Waals surface area contributed by atoms with Crippen LogP contribution in [0.1, 0.15) is 0 Å². The summed E-state index contributed by atoms with van der Waals surface area (Å²) in [6, 6.07) is 7.28. The van der Waals surface area contributed by atoms with E-state index < -0.39 is 15.9 Å². The molecule has 0 amide bonds. The monoisotopic (exact) mass is 341 g/mol. The highest BCUT2D eigenvalue weighted by Gasteiger charge is 2.39. The maximum atomic E-state index is 11.3. The zero-order chi connectivity index (χ0) is 11.8. The van der Waals surface area contributed by atoms with Gasteiger partial charge < -0.3 is 22.8 Å². The highest BCUT2D eigenvalue weighted by Crippen LogP contribution is 2.14. The zero-order valence-corrected chi connectivity index (χ0v) is 12.0. The minimum absolute atomic E-state index is 0. The van der Waals surface area contributed by atoms with Crippen LogP contribution < -0.4 is 17.7 Å². The summed E-state index contributed by atoms with van der Waals surface area (Å²) in [4.78, 5) is 0. The van der Waals surface area contributed by atoms with Crippen LogP contribution in [0, 0.1) is 0 Å². The van der Waals surface area contributed by atoms with Crippen molar-refractivity contribution < 1.29 is 31.2 Å². The molecule has 0 aliphatic carbocycles. The van der Waals surface area contributed by atoms with Gasteiger partial charge in [-0.05, 0) is 12.1 Å². The smallest absolute Gasteiger partial charge is 0.159 e. The van der Waals surface area contributed by atoms with E-state index in [2.05, 4.69) is 15.9 Å². The van der Waals surface area contributed by atoms with E-state index in [9.17, 15) is 13.5 Å². The lowest BCUT2D eigenvalue weighted by Crippen LogP contribution is -3.00. The molecule has 1 aromatic carbocycles. The molecular formula is C10H13BrClNO3S. The van der Waals surface area contributed by atoms with Gasteiger partial charge in [0.25, 0.3) is 0 Å². The van der Waals surface area contributed by atoms with Crippen LogP contribution in [-0.4, -0.2) is 37.2 Å². The number of nitrogens with two attached hydrogens (primary N) is 1. The predicted molar refractivity (Wildman–Crippen MR) is 64.2 cm³/mol. The van der Waals surface area contributed by atoms with Gasteiger partial charge in [0, 0.05) is 10.5 Å². The first-order valence-corrected chi connectivity index (χ1v) is 7.57. The molecule has 2 atom stereocenters. The molecule has 17 heavy (non-hydrogen) atoms. The summed E-state index contributed by atoms with van der Waals surface area (Å²) < 4.78 is 23.6. The summed E-state index contributed by atoms with van der Waals surface area (Å²) in [5.41, 5.74) is 0.926. The van der Waals surface area contributed by atoms with Crippen molar-refractivity contribution in [1.29, 1.82) is 0 Å². The summed E-state index contributed by atoms with van der Waals surface area (Å²) in [6.45, 7) is 0. The Hall–Kier alpha value is -0.140. The lowest BCUT2D eigenvalue weighted by atomic mass is 10.2. The number of halogens is 2. The molecule has 96 valence electrons. The first-order chi connectivity index (χ1) is 7.46. The van der Waals surface area contributed by atoms with E-state index in [1.165, 1.54) is 0 Å². The van der Waals surface area contributed by atoms with E-state index in [0.717, 1.165) is 10.2 Å². The van der Waals surface area contributed by atoms with Crippen LogP contribution in [0.15, 0.2) is 28.7 Å². The van der Waals surface area contributed by atoms with Crippen molar-refractivity contribution in [3.8, 4) is 0 Å². The van der Waals surface area contributed by atoms with Crippen molar-refractivity contribution in [2.45, 2.75) is 12.1 Å². The Balaban J connectivity index is 0.00000144. The first kappa shape index (κ1) is 14.9. The quantitative estimate of drug-likeness (QED) is 0.556. The summed E-state index contributed by atoms with van der Waals surface area (Å²) >= 11 is 3.35. The second-order valence-corrected chi connectivity index (χ2v) is 7.10.